The molecular formula is C30H46Cl3N9O7. The molecule has 0 bridgehead atoms. The maximum absolute atomic E-state index is 11.2. The number of aldehydes is 1. The molecule has 7 N–H and O–H groups in total. The van der Waals surface area contributed by atoms with Crippen LogP contribution in [0.4, 0.5) is 5.82 Å². The van der Waals surface area contributed by atoms with Crippen molar-refractivity contribution >= 4 is 65.2 Å². The number of anilines is 1. The first-order chi connectivity index (χ1) is 23.3. The molecule has 19 heteroatoms. The van der Waals surface area contributed by atoms with Crippen LogP contribution in [-0.2, 0) is 43.1 Å². The Balaban J connectivity index is -0.000000547. The number of aromatic hydroxyl groups is 1. The predicted molar refractivity (Wildman–Crippen MR) is 190 cm³/mol. The van der Waals surface area contributed by atoms with Gasteiger partial charge in [0.15, 0.2) is 5.92 Å². The van der Waals surface area contributed by atoms with Crippen molar-refractivity contribution < 1.29 is 29.0 Å². The number of ether oxygens (including phenoxy) is 2. The average Bonchev–Trinajstić information content (AvgIpc) is 3.04. The summed E-state index contributed by atoms with van der Waals surface area (Å²) in [5.41, 5.74) is 11.6. The molecule has 0 fully saturated rings. The Bertz CT molecular complexity index is 1330. The van der Waals surface area contributed by atoms with Gasteiger partial charge in [0.25, 0.3) is 5.56 Å². The van der Waals surface area contributed by atoms with Gasteiger partial charge < -0.3 is 35.8 Å². The van der Waals surface area contributed by atoms with Crippen LogP contribution in [0.5, 0.6) is 5.88 Å². The van der Waals surface area contributed by atoms with Crippen LogP contribution in [-0.4, -0.2) is 72.8 Å². The SMILES string of the molecule is CC=O.CCOC(=O)C(CC)C(=O)OCC.CCc1c(Cl)ncnc1Cl.CCc1c(N)ncnc1Cl.CCc1c(O)nc[nH]c1=O.N=CN. The second kappa shape index (κ2) is 30.9. The third-order valence-electron chi connectivity index (χ3n) is 5.30. The summed E-state index contributed by atoms with van der Waals surface area (Å²) in [5, 5.41) is 16.2. The standard InChI is InChI=1S/C9H16O4.C6H6Cl2N2.C6H8ClN3.C6H8N2O2.C2H4O.CH4N2/c1-4-7(8(10)12-5-2)9(11)13-6-3;2*1-2-4-5(7)9-3-10-6(4)8;1-2-4-5(9)7-3-8-6(4)10;1-2-3;2-1-3/h7H,4-6H2,1-3H3;3H,2H2,1H3;3H,2H2,1H3,(H2,8,9,10);3H,2H2,1H3,(H2,7,8,9,10);2H,1H3;1H,(H3,2,3). The normalized spacial score (nSPS) is 9.12. The number of nitrogen functional groups attached to an aromatic ring is 1. The van der Waals surface area contributed by atoms with Crippen LogP contribution in [0.2, 0.25) is 15.5 Å². The van der Waals surface area contributed by atoms with Crippen LogP contribution in [0, 0.1) is 11.3 Å². The number of hydrogen-bond acceptors (Lipinski definition) is 14. The minimum atomic E-state index is -0.764. The lowest BCUT2D eigenvalue weighted by molar-refractivity contribution is -0.161. The topological polar surface area (TPSA) is 263 Å². The molecule has 3 aromatic rings. The lowest BCUT2D eigenvalue weighted by atomic mass is 10.1. The van der Waals surface area contributed by atoms with Crippen LogP contribution >= 0.6 is 34.8 Å². The van der Waals surface area contributed by atoms with E-state index in [-0.39, 0.29) is 24.7 Å². The van der Waals surface area contributed by atoms with E-state index in [1.54, 1.807) is 27.7 Å². The molecule has 0 atom stereocenters. The first-order valence-corrected chi connectivity index (χ1v) is 16.0. The second-order valence-electron chi connectivity index (χ2n) is 8.42. The number of rotatable bonds is 8. The monoisotopic (exact) mass is 749 g/mol. The maximum atomic E-state index is 11.2. The van der Waals surface area contributed by atoms with E-state index in [0.29, 0.717) is 39.7 Å². The van der Waals surface area contributed by atoms with Crippen molar-refractivity contribution in [3.63, 3.8) is 0 Å². The number of aromatic nitrogens is 6. The zero-order valence-electron chi connectivity index (χ0n) is 28.6. The Morgan fingerprint density at radius 3 is 1.51 bits per heavy atom. The zero-order chi connectivity index (χ0) is 38.4. The number of carbonyl (C=O) groups is 3. The summed E-state index contributed by atoms with van der Waals surface area (Å²) in [7, 11) is 0. The highest BCUT2D eigenvalue weighted by Gasteiger charge is 2.27. The number of hydrogen-bond donors (Lipinski definition) is 5. The molecule has 0 aromatic carbocycles. The minimum Gasteiger partial charge on any atom is -0.493 e. The van der Waals surface area contributed by atoms with E-state index in [9.17, 15) is 14.4 Å². The number of carbonyl (C=O) groups excluding carboxylic acids is 3. The van der Waals surface area contributed by atoms with Gasteiger partial charge in [0.05, 0.1) is 31.4 Å². The Morgan fingerprint density at radius 2 is 1.24 bits per heavy atom. The molecule has 0 amide bonds. The first kappa shape index (κ1) is 49.0. The molecule has 0 saturated heterocycles. The van der Waals surface area contributed by atoms with Crippen molar-refractivity contribution in [2.45, 2.75) is 74.1 Å². The van der Waals surface area contributed by atoms with Gasteiger partial charge in [-0.25, -0.2) is 24.9 Å². The fourth-order valence-corrected chi connectivity index (χ4v) is 3.90. The van der Waals surface area contributed by atoms with Crippen molar-refractivity contribution in [2.75, 3.05) is 18.9 Å². The summed E-state index contributed by atoms with van der Waals surface area (Å²) >= 11 is 17.1. The number of aromatic amines is 1. The van der Waals surface area contributed by atoms with Crippen molar-refractivity contribution in [3.8, 4) is 5.88 Å². The molecule has 3 rings (SSSR count). The van der Waals surface area contributed by atoms with Gasteiger partial charge in [-0.3, -0.25) is 19.8 Å². The van der Waals surface area contributed by atoms with Gasteiger partial charge in [0, 0.05) is 11.1 Å². The number of nitrogens with one attached hydrogen (secondary N) is 2. The fourth-order valence-electron chi connectivity index (χ4n) is 3.05. The summed E-state index contributed by atoms with van der Waals surface area (Å²) in [4.78, 5) is 63.0. The Kier molecular flexibility index (Phi) is 30.9. The molecule has 0 spiro atoms. The number of nitrogens with zero attached hydrogens (tertiary/aromatic N) is 5. The molecule has 0 unspecified atom stereocenters. The van der Waals surface area contributed by atoms with Crippen LogP contribution in [0.25, 0.3) is 0 Å². The minimum absolute atomic E-state index is 0.175. The van der Waals surface area contributed by atoms with E-state index in [0.717, 1.165) is 36.6 Å². The molecule has 0 aliphatic heterocycles. The van der Waals surface area contributed by atoms with Crippen molar-refractivity contribution in [1.82, 2.24) is 29.9 Å². The smallest absolute Gasteiger partial charge is 0.320 e. The van der Waals surface area contributed by atoms with Crippen LogP contribution in [0.3, 0.4) is 0 Å². The molecule has 0 saturated carbocycles. The molecule has 16 nitrogen and oxygen atoms in total. The van der Waals surface area contributed by atoms with Crippen LogP contribution in [0.1, 0.15) is 71.6 Å². The Hall–Kier alpha value is -4.41. The van der Waals surface area contributed by atoms with Gasteiger partial charge >= 0.3 is 11.9 Å². The van der Waals surface area contributed by atoms with E-state index in [1.165, 1.54) is 25.9 Å². The van der Waals surface area contributed by atoms with Crippen molar-refractivity contribution in [1.29, 1.82) is 5.41 Å². The molecule has 49 heavy (non-hydrogen) atoms. The zero-order valence-corrected chi connectivity index (χ0v) is 30.9. The number of esters is 2. The van der Waals surface area contributed by atoms with Crippen LogP contribution < -0.4 is 17.0 Å². The van der Waals surface area contributed by atoms with E-state index in [2.05, 4.69) is 35.6 Å². The summed E-state index contributed by atoms with van der Waals surface area (Å²) < 4.78 is 9.45. The fraction of sp³-hybridized carbons (Fsp3) is 0.467. The average molecular weight is 751 g/mol. The third kappa shape index (κ3) is 21.2. The predicted octanol–water partition coefficient (Wildman–Crippen LogP) is 4.55. The summed E-state index contributed by atoms with van der Waals surface area (Å²) in [6.45, 7) is 12.9. The van der Waals surface area contributed by atoms with E-state index in [4.69, 9.17) is 65.3 Å². The van der Waals surface area contributed by atoms with Gasteiger partial charge in [0.2, 0.25) is 5.88 Å². The highest BCUT2D eigenvalue weighted by Crippen LogP contribution is 2.19. The Labute approximate surface area is 300 Å². The Morgan fingerprint density at radius 1 is 0.857 bits per heavy atom. The summed E-state index contributed by atoms with van der Waals surface area (Å²) in [6.07, 6.45) is 7.83. The lowest BCUT2D eigenvalue weighted by Crippen LogP contribution is -2.27. The maximum Gasteiger partial charge on any atom is 0.320 e. The van der Waals surface area contributed by atoms with Gasteiger partial charge in [0.1, 0.15) is 40.2 Å². The van der Waals surface area contributed by atoms with E-state index < -0.39 is 17.9 Å². The molecule has 3 heterocycles. The van der Waals surface area contributed by atoms with Crippen LogP contribution in [0.15, 0.2) is 23.8 Å². The van der Waals surface area contributed by atoms with Gasteiger partial charge in [-0.2, -0.15) is 0 Å². The largest absolute Gasteiger partial charge is 0.493 e. The number of halogens is 3. The number of H-pyrrole nitrogens is 1. The van der Waals surface area contributed by atoms with Gasteiger partial charge in [-0.15, -0.1) is 0 Å². The molecular weight excluding hydrogens is 705 g/mol. The molecule has 0 radical (unpaired) electrons. The number of nitrogens with two attached hydrogens (primary N) is 2. The van der Waals surface area contributed by atoms with E-state index >= 15 is 0 Å². The highest BCUT2D eigenvalue weighted by molar-refractivity contribution is 6.34. The summed E-state index contributed by atoms with van der Waals surface area (Å²) in [6, 6.07) is 0. The summed E-state index contributed by atoms with van der Waals surface area (Å²) in [5.74, 6) is -1.46. The third-order valence-corrected chi connectivity index (χ3v) is 6.28. The quantitative estimate of drug-likeness (QED) is 0.0528. The molecule has 0 aliphatic rings. The van der Waals surface area contributed by atoms with Crippen molar-refractivity contribution in [3.05, 3.63) is 61.5 Å². The molecule has 274 valence electrons. The molecule has 3 aromatic heterocycles. The second-order valence-corrected chi connectivity index (χ2v) is 9.50. The molecule has 0 aliphatic carbocycles. The van der Waals surface area contributed by atoms with Crippen molar-refractivity contribution in [2.24, 2.45) is 11.7 Å². The highest BCUT2D eigenvalue weighted by atomic mass is 35.5. The first-order valence-electron chi connectivity index (χ1n) is 14.8. The van der Waals surface area contributed by atoms with Gasteiger partial charge in [-0.05, 0) is 46.5 Å². The van der Waals surface area contributed by atoms with Gasteiger partial charge in [-0.1, -0.05) is 62.5 Å². The lowest BCUT2D eigenvalue weighted by Gasteiger charge is -2.11. The van der Waals surface area contributed by atoms with E-state index in [1.807, 2.05) is 13.8 Å².